The number of fused-ring (bicyclic) bond motifs is 1. The highest BCUT2D eigenvalue weighted by molar-refractivity contribution is 9.10. The second kappa shape index (κ2) is 3.76. The molecule has 1 aromatic heterocycles. The molecule has 0 spiro atoms. The van der Waals surface area contributed by atoms with Gasteiger partial charge in [-0.15, -0.1) is 0 Å². The van der Waals surface area contributed by atoms with E-state index in [-0.39, 0.29) is 0 Å². The molecule has 3 heteroatoms. The number of halogens is 2. The minimum atomic E-state index is 0.887. The molecule has 66 valence electrons. The standard InChI is InChI=1S/C10H7Br2N/c11-4-7-1-2-8-5-13-6-10(12)9(8)3-7/h1-3,5-6H,4H2. The molecule has 0 saturated heterocycles. The van der Waals surface area contributed by atoms with Crippen molar-refractivity contribution < 1.29 is 0 Å². The van der Waals surface area contributed by atoms with E-state index in [9.17, 15) is 0 Å². The third-order valence-electron chi connectivity index (χ3n) is 1.93. The van der Waals surface area contributed by atoms with E-state index < -0.39 is 0 Å². The summed E-state index contributed by atoms with van der Waals surface area (Å²) in [4.78, 5) is 4.11. The van der Waals surface area contributed by atoms with Crippen molar-refractivity contribution in [2.45, 2.75) is 5.33 Å². The van der Waals surface area contributed by atoms with Crippen LogP contribution in [0.15, 0.2) is 35.1 Å². The molecule has 0 bridgehead atoms. The van der Waals surface area contributed by atoms with Crippen molar-refractivity contribution >= 4 is 42.6 Å². The molecule has 1 nitrogen and oxygen atoms in total. The zero-order valence-electron chi connectivity index (χ0n) is 6.80. The molecule has 13 heavy (non-hydrogen) atoms. The van der Waals surface area contributed by atoms with Gasteiger partial charge in [0.1, 0.15) is 0 Å². The lowest BCUT2D eigenvalue weighted by Gasteiger charge is -2.01. The third kappa shape index (κ3) is 1.76. The Bertz CT molecular complexity index is 440. The van der Waals surface area contributed by atoms with Gasteiger partial charge < -0.3 is 0 Å². The molecule has 0 N–H and O–H groups in total. The Kier molecular flexibility index (Phi) is 2.65. The molecule has 0 fully saturated rings. The summed E-state index contributed by atoms with van der Waals surface area (Å²) in [5.74, 6) is 0. The van der Waals surface area contributed by atoms with Gasteiger partial charge in [-0.3, -0.25) is 4.98 Å². The Morgan fingerprint density at radius 1 is 1.23 bits per heavy atom. The molecule has 0 unspecified atom stereocenters. The molecule has 0 radical (unpaired) electrons. The summed E-state index contributed by atoms with van der Waals surface area (Å²) in [5.41, 5.74) is 1.28. The van der Waals surface area contributed by atoms with Gasteiger partial charge in [0.2, 0.25) is 0 Å². The fourth-order valence-electron chi connectivity index (χ4n) is 1.26. The number of hydrogen-bond donors (Lipinski definition) is 0. The molecule has 0 aliphatic rings. The lowest BCUT2D eigenvalue weighted by atomic mass is 10.1. The highest BCUT2D eigenvalue weighted by Crippen LogP contribution is 2.24. The second-order valence-corrected chi connectivity index (χ2v) is 4.23. The molecule has 0 aliphatic carbocycles. The number of pyridine rings is 1. The zero-order valence-corrected chi connectivity index (χ0v) is 9.97. The molecule has 0 amide bonds. The summed E-state index contributed by atoms with van der Waals surface area (Å²) >= 11 is 6.92. The summed E-state index contributed by atoms with van der Waals surface area (Å²) < 4.78 is 1.05. The lowest BCUT2D eigenvalue weighted by molar-refractivity contribution is 1.34. The van der Waals surface area contributed by atoms with Crippen LogP contribution < -0.4 is 0 Å². The van der Waals surface area contributed by atoms with Gasteiger partial charge in [0.05, 0.1) is 0 Å². The van der Waals surface area contributed by atoms with Gasteiger partial charge in [0.25, 0.3) is 0 Å². The van der Waals surface area contributed by atoms with E-state index in [1.54, 1.807) is 0 Å². The molecular formula is C10H7Br2N. The Labute approximate surface area is 93.4 Å². The van der Waals surface area contributed by atoms with Gasteiger partial charge in [-0.05, 0) is 32.9 Å². The number of benzene rings is 1. The number of alkyl halides is 1. The Morgan fingerprint density at radius 3 is 2.85 bits per heavy atom. The van der Waals surface area contributed by atoms with E-state index in [0.29, 0.717) is 0 Å². The third-order valence-corrected chi connectivity index (χ3v) is 3.21. The first-order chi connectivity index (χ1) is 6.31. The Hall–Kier alpha value is -0.410. The summed E-state index contributed by atoms with van der Waals surface area (Å²) in [7, 11) is 0. The first-order valence-electron chi connectivity index (χ1n) is 3.89. The van der Waals surface area contributed by atoms with Crippen molar-refractivity contribution in [3.05, 3.63) is 40.6 Å². The van der Waals surface area contributed by atoms with Gasteiger partial charge in [-0.25, -0.2) is 0 Å². The van der Waals surface area contributed by atoms with Crippen LogP contribution >= 0.6 is 31.9 Å². The topological polar surface area (TPSA) is 12.9 Å². The van der Waals surface area contributed by atoms with Gasteiger partial charge in [-0.1, -0.05) is 28.1 Å². The number of aromatic nitrogens is 1. The molecule has 1 heterocycles. The Balaban J connectivity index is 2.74. The van der Waals surface area contributed by atoms with Crippen LogP contribution in [0.1, 0.15) is 5.56 Å². The first kappa shape index (κ1) is 9.16. The summed E-state index contributed by atoms with van der Waals surface area (Å²) in [6, 6.07) is 6.35. The van der Waals surface area contributed by atoms with Crippen molar-refractivity contribution in [3.63, 3.8) is 0 Å². The van der Waals surface area contributed by atoms with Crippen LogP contribution in [0.5, 0.6) is 0 Å². The number of rotatable bonds is 1. The fourth-order valence-corrected chi connectivity index (χ4v) is 2.07. The van der Waals surface area contributed by atoms with Crippen molar-refractivity contribution in [2.75, 3.05) is 0 Å². The average molecular weight is 301 g/mol. The van der Waals surface area contributed by atoms with Crippen molar-refractivity contribution in [2.24, 2.45) is 0 Å². The quantitative estimate of drug-likeness (QED) is 0.728. The van der Waals surface area contributed by atoms with Gasteiger partial charge in [-0.2, -0.15) is 0 Å². The van der Waals surface area contributed by atoms with Crippen LogP contribution in [-0.2, 0) is 5.33 Å². The zero-order chi connectivity index (χ0) is 9.26. The fraction of sp³-hybridized carbons (Fsp3) is 0.100. The van der Waals surface area contributed by atoms with Crippen LogP contribution in [0.4, 0.5) is 0 Å². The van der Waals surface area contributed by atoms with Crippen LogP contribution in [0.2, 0.25) is 0 Å². The van der Waals surface area contributed by atoms with Crippen molar-refractivity contribution in [3.8, 4) is 0 Å². The van der Waals surface area contributed by atoms with Gasteiger partial charge in [0.15, 0.2) is 0 Å². The molecular weight excluding hydrogens is 294 g/mol. The monoisotopic (exact) mass is 299 g/mol. The maximum atomic E-state index is 4.11. The minimum absolute atomic E-state index is 0.887. The van der Waals surface area contributed by atoms with Crippen molar-refractivity contribution in [1.29, 1.82) is 0 Å². The van der Waals surface area contributed by atoms with E-state index in [4.69, 9.17) is 0 Å². The minimum Gasteiger partial charge on any atom is -0.263 e. The van der Waals surface area contributed by atoms with Crippen LogP contribution in [0.25, 0.3) is 10.8 Å². The summed E-state index contributed by atoms with van der Waals surface area (Å²) in [6.45, 7) is 0. The SMILES string of the molecule is BrCc1ccc2cncc(Br)c2c1. The van der Waals surface area contributed by atoms with Crippen LogP contribution in [-0.4, -0.2) is 4.98 Å². The smallest absolute Gasteiger partial charge is 0.0437 e. The lowest BCUT2D eigenvalue weighted by Crippen LogP contribution is -1.81. The molecule has 2 aromatic rings. The predicted molar refractivity (Wildman–Crippen MR) is 62.1 cm³/mol. The van der Waals surface area contributed by atoms with Gasteiger partial charge >= 0.3 is 0 Å². The van der Waals surface area contributed by atoms with Crippen molar-refractivity contribution in [1.82, 2.24) is 4.98 Å². The molecule has 1 aromatic carbocycles. The van der Waals surface area contributed by atoms with E-state index in [1.807, 2.05) is 12.4 Å². The Morgan fingerprint density at radius 2 is 2.08 bits per heavy atom. The maximum Gasteiger partial charge on any atom is 0.0437 e. The molecule has 2 rings (SSSR count). The number of hydrogen-bond acceptors (Lipinski definition) is 1. The van der Waals surface area contributed by atoms with Gasteiger partial charge in [0, 0.05) is 27.6 Å². The average Bonchev–Trinajstić information content (AvgIpc) is 2.18. The molecule has 0 atom stereocenters. The highest BCUT2D eigenvalue weighted by Gasteiger charge is 1.99. The van der Waals surface area contributed by atoms with Crippen LogP contribution in [0.3, 0.4) is 0 Å². The summed E-state index contributed by atoms with van der Waals surface area (Å²) in [6.07, 6.45) is 3.69. The van der Waals surface area contributed by atoms with E-state index in [0.717, 1.165) is 9.80 Å². The number of nitrogens with zero attached hydrogens (tertiary/aromatic N) is 1. The predicted octanol–water partition coefficient (Wildman–Crippen LogP) is 3.89. The second-order valence-electron chi connectivity index (χ2n) is 2.81. The van der Waals surface area contributed by atoms with Crippen LogP contribution in [0, 0.1) is 0 Å². The van der Waals surface area contributed by atoms with E-state index in [2.05, 4.69) is 55.0 Å². The highest BCUT2D eigenvalue weighted by atomic mass is 79.9. The van der Waals surface area contributed by atoms with E-state index in [1.165, 1.54) is 16.3 Å². The summed E-state index contributed by atoms with van der Waals surface area (Å²) in [5, 5.41) is 3.27. The maximum absolute atomic E-state index is 4.11. The normalized spacial score (nSPS) is 10.6. The first-order valence-corrected chi connectivity index (χ1v) is 5.81. The largest absolute Gasteiger partial charge is 0.263 e. The van der Waals surface area contributed by atoms with E-state index >= 15 is 0 Å². The molecule has 0 saturated carbocycles. The molecule has 0 aliphatic heterocycles.